The highest BCUT2D eigenvalue weighted by atomic mass is 19.4. The van der Waals surface area contributed by atoms with Crippen LogP contribution in [0, 0.1) is 6.92 Å². The summed E-state index contributed by atoms with van der Waals surface area (Å²) in [5.41, 5.74) is 0.767. The lowest BCUT2D eigenvalue weighted by molar-refractivity contribution is -0.137. The van der Waals surface area contributed by atoms with Crippen molar-refractivity contribution in [2.24, 2.45) is 0 Å². The van der Waals surface area contributed by atoms with E-state index in [1.165, 1.54) is 6.07 Å². The number of aromatic nitrogens is 3. The van der Waals surface area contributed by atoms with Crippen molar-refractivity contribution in [3.63, 3.8) is 0 Å². The molecule has 1 aromatic carbocycles. The summed E-state index contributed by atoms with van der Waals surface area (Å²) in [7, 11) is 3.33. The molecule has 2 N–H and O–H groups in total. The van der Waals surface area contributed by atoms with Gasteiger partial charge in [-0.15, -0.1) is 0 Å². The highest BCUT2D eigenvalue weighted by molar-refractivity contribution is 5.94. The zero-order chi connectivity index (χ0) is 23.5. The van der Waals surface area contributed by atoms with Gasteiger partial charge in [0.15, 0.2) is 0 Å². The molecule has 0 saturated heterocycles. The number of alkyl halides is 3. The van der Waals surface area contributed by atoms with Gasteiger partial charge in [0.25, 0.3) is 5.56 Å². The molecule has 0 fully saturated rings. The Kier molecular flexibility index (Phi) is 6.61. The molecule has 0 bridgehead atoms. The third-order valence-corrected chi connectivity index (χ3v) is 4.86. The normalized spacial score (nSPS) is 11.3. The van der Waals surface area contributed by atoms with Crippen molar-refractivity contribution in [3.8, 4) is 11.4 Å². The van der Waals surface area contributed by atoms with Gasteiger partial charge in [-0.2, -0.15) is 13.2 Å². The number of halogens is 3. The average molecular weight is 445 g/mol. The molecule has 0 aliphatic carbocycles. The smallest absolute Gasteiger partial charge is 0.376 e. The molecule has 0 spiro atoms. The summed E-state index contributed by atoms with van der Waals surface area (Å²) in [6, 6.07) is 6.58. The number of aryl methyl sites for hydroxylation is 1. The van der Waals surface area contributed by atoms with Gasteiger partial charge in [-0.1, -0.05) is 0 Å². The fourth-order valence-electron chi connectivity index (χ4n) is 3.21. The Labute approximate surface area is 182 Å². The van der Waals surface area contributed by atoms with Crippen LogP contribution in [0.2, 0.25) is 0 Å². The van der Waals surface area contributed by atoms with E-state index < -0.39 is 17.6 Å². The van der Waals surface area contributed by atoms with E-state index in [9.17, 15) is 22.8 Å². The first-order chi connectivity index (χ1) is 15.1. The maximum Gasteiger partial charge on any atom is 0.416 e. The van der Waals surface area contributed by atoms with E-state index in [1.54, 1.807) is 50.4 Å². The Morgan fingerprint density at radius 3 is 2.44 bits per heavy atom. The monoisotopic (exact) mass is 445 g/mol. The van der Waals surface area contributed by atoms with Crippen LogP contribution in [0.15, 0.2) is 47.5 Å². The maximum absolute atomic E-state index is 13.1. The van der Waals surface area contributed by atoms with Gasteiger partial charge >= 0.3 is 6.18 Å². The minimum atomic E-state index is -4.53. The van der Waals surface area contributed by atoms with Gasteiger partial charge < -0.3 is 15.2 Å². The minimum absolute atomic E-state index is 0.0478. The minimum Gasteiger partial charge on any atom is -0.376 e. The second-order valence-corrected chi connectivity index (χ2v) is 7.39. The second-order valence-electron chi connectivity index (χ2n) is 7.39. The van der Waals surface area contributed by atoms with E-state index in [0.29, 0.717) is 28.3 Å². The van der Waals surface area contributed by atoms with Gasteiger partial charge in [0.05, 0.1) is 16.9 Å². The van der Waals surface area contributed by atoms with Gasteiger partial charge in [0.2, 0.25) is 5.91 Å². The number of carbonyl (C=O) groups is 1. The van der Waals surface area contributed by atoms with E-state index in [2.05, 4.69) is 20.3 Å². The fourth-order valence-corrected chi connectivity index (χ4v) is 3.21. The van der Waals surface area contributed by atoms with E-state index in [4.69, 9.17) is 0 Å². The molecule has 10 heteroatoms. The van der Waals surface area contributed by atoms with Gasteiger partial charge in [0.1, 0.15) is 5.82 Å². The van der Waals surface area contributed by atoms with Crippen LogP contribution in [-0.2, 0) is 17.4 Å². The number of H-pyrrole nitrogens is 1. The number of benzene rings is 1. The highest BCUT2D eigenvalue weighted by Crippen LogP contribution is 2.35. The summed E-state index contributed by atoms with van der Waals surface area (Å²) >= 11 is 0. The zero-order valence-corrected chi connectivity index (χ0v) is 17.7. The number of rotatable bonds is 6. The summed E-state index contributed by atoms with van der Waals surface area (Å²) in [4.78, 5) is 37.6. The van der Waals surface area contributed by atoms with Crippen LogP contribution in [0.4, 0.5) is 24.5 Å². The summed E-state index contributed by atoms with van der Waals surface area (Å²) in [5.74, 6) is -0.118. The molecule has 3 rings (SSSR count). The average Bonchev–Trinajstić information content (AvgIpc) is 2.72. The largest absolute Gasteiger partial charge is 0.416 e. The summed E-state index contributed by atoms with van der Waals surface area (Å²) in [5, 5.41) is 2.53. The highest BCUT2D eigenvalue weighted by Gasteiger charge is 2.31. The number of anilines is 2. The Morgan fingerprint density at radius 2 is 1.84 bits per heavy atom. The van der Waals surface area contributed by atoms with Crippen molar-refractivity contribution in [2.75, 3.05) is 24.3 Å². The van der Waals surface area contributed by atoms with Gasteiger partial charge in [-0.25, -0.2) is 4.98 Å². The molecular formula is C22H22F3N5O2. The first kappa shape index (κ1) is 23.0. The first-order valence-corrected chi connectivity index (χ1v) is 9.75. The standard InChI is InChI=1S/C22H22F3N5O2/c1-13-16(21(32)29-20(27-13)14-8-10-26-11-9-14)5-7-19(31)28-17-12-15(22(23,24)25)4-6-18(17)30(2)3/h4,6,8-12H,5,7H2,1-3H3,(H,28,31)(H,27,29,32). The molecule has 0 saturated carbocycles. The van der Waals surface area contributed by atoms with E-state index in [-0.39, 0.29) is 24.1 Å². The van der Waals surface area contributed by atoms with Gasteiger partial charge in [-0.3, -0.25) is 14.6 Å². The lowest BCUT2D eigenvalue weighted by atomic mass is 10.1. The number of carbonyl (C=O) groups excluding carboxylic acids is 1. The molecule has 2 aromatic heterocycles. The van der Waals surface area contributed by atoms with E-state index in [0.717, 1.165) is 12.1 Å². The van der Waals surface area contributed by atoms with Crippen molar-refractivity contribution >= 4 is 17.3 Å². The second kappa shape index (κ2) is 9.21. The molecule has 2 heterocycles. The SMILES string of the molecule is Cc1nc(-c2ccncc2)[nH]c(=O)c1CCC(=O)Nc1cc(C(F)(F)F)ccc1N(C)C. The number of pyridine rings is 1. The molecule has 3 aromatic rings. The predicted octanol–water partition coefficient (Wildman–Crippen LogP) is 3.80. The Morgan fingerprint density at radius 1 is 1.16 bits per heavy atom. The third kappa shape index (κ3) is 5.32. The first-order valence-electron chi connectivity index (χ1n) is 9.75. The molecule has 168 valence electrons. The van der Waals surface area contributed by atoms with Crippen LogP contribution in [0.5, 0.6) is 0 Å². The zero-order valence-electron chi connectivity index (χ0n) is 17.7. The number of hydrogen-bond acceptors (Lipinski definition) is 5. The topological polar surface area (TPSA) is 91.0 Å². The summed E-state index contributed by atoms with van der Waals surface area (Å²) in [6.07, 6.45) is -1.37. The number of hydrogen-bond donors (Lipinski definition) is 2. The molecule has 32 heavy (non-hydrogen) atoms. The lowest BCUT2D eigenvalue weighted by Crippen LogP contribution is -2.21. The van der Waals surface area contributed by atoms with Crippen LogP contribution in [-0.4, -0.2) is 35.0 Å². The number of nitrogens with one attached hydrogen (secondary N) is 2. The van der Waals surface area contributed by atoms with E-state index in [1.807, 2.05) is 0 Å². The fraction of sp³-hybridized carbons (Fsp3) is 0.273. The Balaban J connectivity index is 1.76. The lowest BCUT2D eigenvalue weighted by Gasteiger charge is -2.20. The summed E-state index contributed by atoms with van der Waals surface area (Å²) < 4.78 is 39.2. The predicted molar refractivity (Wildman–Crippen MR) is 116 cm³/mol. The Hall–Kier alpha value is -3.69. The van der Waals surface area contributed by atoms with Crippen LogP contribution < -0.4 is 15.8 Å². The molecule has 0 atom stereocenters. The molecule has 0 radical (unpaired) electrons. The number of aromatic amines is 1. The van der Waals surface area contributed by atoms with Crippen molar-refractivity contribution in [1.29, 1.82) is 0 Å². The van der Waals surface area contributed by atoms with Crippen molar-refractivity contribution in [3.05, 3.63) is 69.9 Å². The number of nitrogens with zero attached hydrogens (tertiary/aromatic N) is 3. The Bertz CT molecular complexity index is 1170. The van der Waals surface area contributed by atoms with Gasteiger partial charge in [0, 0.05) is 49.7 Å². The van der Waals surface area contributed by atoms with Crippen LogP contribution in [0.25, 0.3) is 11.4 Å². The van der Waals surface area contributed by atoms with Crippen LogP contribution >= 0.6 is 0 Å². The van der Waals surface area contributed by atoms with Crippen molar-refractivity contribution in [2.45, 2.75) is 25.9 Å². The third-order valence-electron chi connectivity index (χ3n) is 4.86. The summed E-state index contributed by atoms with van der Waals surface area (Å²) in [6.45, 7) is 1.67. The maximum atomic E-state index is 13.1. The molecule has 1 amide bonds. The molecule has 0 unspecified atom stereocenters. The molecule has 7 nitrogen and oxygen atoms in total. The van der Waals surface area contributed by atoms with E-state index >= 15 is 0 Å². The van der Waals surface area contributed by atoms with Crippen molar-refractivity contribution in [1.82, 2.24) is 15.0 Å². The van der Waals surface area contributed by atoms with Crippen LogP contribution in [0.1, 0.15) is 23.2 Å². The quantitative estimate of drug-likeness (QED) is 0.602. The molecule has 0 aliphatic heterocycles. The van der Waals surface area contributed by atoms with Crippen molar-refractivity contribution < 1.29 is 18.0 Å². The molecular weight excluding hydrogens is 423 g/mol. The molecule has 0 aliphatic rings. The van der Waals surface area contributed by atoms with Crippen LogP contribution in [0.3, 0.4) is 0 Å². The number of amides is 1. The van der Waals surface area contributed by atoms with Gasteiger partial charge in [-0.05, 0) is 43.7 Å².